The quantitative estimate of drug-likeness (QED) is 0.0759. The summed E-state index contributed by atoms with van der Waals surface area (Å²) in [5.74, 6) is 0. The zero-order valence-electron chi connectivity index (χ0n) is 49.8. The third-order valence-corrected chi connectivity index (χ3v) is 31.5. The Morgan fingerprint density at radius 1 is 0.295 bits per heavy atom. The summed E-state index contributed by atoms with van der Waals surface area (Å²) in [4.78, 5) is 0. The first kappa shape index (κ1) is 60.4. The Morgan fingerprint density at radius 2 is 0.545 bits per heavy atom. The Kier molecular flexibility index (Phi) is 18.7. The van der Waals surface area contributed by atoms with Crippen LogP contribution in [0.1, 0.15) is 12.8 Å². The van der Waals surface area contributed by atoms with Crippen molar-refractivity contribution in [3.8, 4) is 11.4 Å². The molecule has 0 saturated carbocycles. The Bertz CT molecular complexity index is 4260. The zero-order chi connectivity index (χ0) is 60.5. The standard InChI is InChI=1S/C44H37NSi2.C18H11Br2N.C13H13ClSi.C4H8O/c1-46(35-20-10-4-11-21-35,36-22-12-5-13-23-36)39-28-30-43-41(32-39)42-33-40(29-31-44(42)45(43)34-18-8-3-9-19-34)47(2,37-24-14-6-15-25-37)38-26-16-7-17-27-38;19-12-6-8-17-15(10-12)16-11-13(20)7-9-18(16)21(17)14-4-2-1-3-5-14;1-15(14,12-8-4-2-5-9-12)13-10-6-3-7-11-13;1-2-4-5-3-1/h3-33H,1-2H3;1-11H;2-11H,1H3;1-4H2. The smallest absolute Gasteiger partial charge is 0.214 e. The highest BCUT2D eigenvalue weighted by Gasteiger charge is 2.37. The molecule has 0 bridgehead atoms. The molecule has 0 amide bonds. The number of aromatic nitrogens is 2. The summed E-state index contributed by atoms with van der Waals surface area (Å²) in [6.45, 7) is 9.18. The average Bonchev–Trinajstić information content (AvgIpc) is 2.50. The lowest BCUT2D eigenvalue weighted by molar-refractivity contribution is 0.198. The molecule has 0 spiro atoms. The van der Waals surface area contributed by atoms with E-state index in [1.807, 2.05) is 42.5 Å². The maximum Gasteiger partial charge on any atom is 0.214 e. The fourth-order valence-electron chi connectivity index (χ4n) is 12.6. The van der Waals surface area contributed by atoms with Gasteiger partial charge in [-0.1, -0.05) is 288 Å². The second-order valence-electron chi connectivity index (χ2n) is 22.9. The van der Waals surface area contributed by atoms with Gasteiger partial charge in [0.1, 0.15) is 16.1 Å². The maximum absolute atomic E-state index is 6.73. The van der Waals surface area contributed by atoms with Crippen LogP contribution < -0.4 is 41.5 Å². The fraction of sp³-hybridized carbons (Fsp3) is 0.0886. The van der Waals surface area contributed by atoms with Crippen molar-refractivity contribution in [1.29, 1.82) is 0 Å². The van der Waals surface area contributed by atoms with E-state index in [4.69, 9.17) is 15.8 Å². The lowest BCUT2D eigenvalue weighted by Crippen LogP contribution is -2.64. The van der Waals surface area contributed by atoms with Crippen LogP contribution in [-0.2, 0) is 4.74 Å². The topological polar surface area (TPSA) is 19.1 Å². The molecule has 0 N–H and O–H groups in total. The van der Waals surface area contributed by atoms with Gasteiger partial charge in [0, 0.05) is 55.1 Å². The van der Waals surface area contributed by atoms with Gasteiger partial charge in [0.15, 0.2) is 0 Å². The van der Waals surface area contributed by atoms with Crippen molar-refractivity contribution < 1.29 is 4.74 Å². The number of benzene rings is 12. The second-order valence-corrected chi connectivity index (χ2v) is 38.1. The molecule has 3 nitrogen and oxygen atoms in total. The van der Waals surface area contributed by atoms with E-state index in [0.29, 0.717) is 0 Å². The minimum Gasteiger partial charge on any atom is -0.381 e. The molecule has 434 valence electrons. The number of fused-ring (bicyclic) bond motifs is 6. The van der Waals surface area contributed by atoms with Gasteiger partial charge in [-0.2, -0.15) is 11.1 Å². The molecule has 1 saturated heterocycles. The predicted molar refractivity (Wildman–Crippen MR) is 393 cm³/mol. The molecule has 88 heavy (non-hydrogen) atoms. The monoisotopic (exact) mass is 1340 g/mol. The van der Waals surface area contributed by atoms with Crippen LogP contribution in [0.3, 0.4) is 0 Å². The summed E-state index contributed by atoms with van der Waals surface area (Å²) >= 11 is 13.9. The van der Waals surface area contributed by atoms with Crippen LogP contribution in [0.5, 0.6) is 0 Å². The predicted octanol–water partition coefficient (Wildman–Crippen LogP) is 16.7. The number of hydrogen-bond acceptors (Lipinski definition) is 1. The molecule has 3 heterocycles. The second kappa shape index (κ2) is 27.2. The van der Waals surface area contributed by atoms with Crippen molar-refractivity contribution >= 4 is 152 Å². The van der Waals surface area contributed by atoms with Gasteiger partial charge in [0.05, 0.1) is 22.1 Å². The van der Waals surface area contributed by atoms with Gasteiger partial charge in [-0.25, -0.2) is 0 Å². The number of hydrogen-bond donors (Lipinski definition) is 0. The van der Waals surface area contributed by atoms with Crippen molar-refractivity contribution in [1.82, 2.24) is 9.13 Å². The molecular formula is C79H69Br2ClN2OSi3. The molecule has 14 aromatic rings. The molecular weight excluding hydrogens is 1270 g/mol. The average molecular weight is 1340 g/mol. The Hall–Kier alpha value is -7.90. The summed E-state index contributed by atoms with van der Waals surface area (Å²) in [6.07, 6.45) is 2.56. The minimum atomic E-state index is -2.31. The molecule has 15 rings (SSSR count). The molecule has 1 fully saturated rings. The molecule has 0 radical (unpaired) electrons. The molecule has 1 aliphatic heterocycles. The van der Waals surface area contributed by atoms with E-state index >= 15 is 0 Å². The Balaban J connectivity index is 0.000000149. The first-order valence-electron chi connectivity index (χ1n) is 30.2. The lowest BCUT2D eigenvalue weighted by atomic mass is 10.1. The van der Waals surface area contributed by atoms with E-state index in [1.165, 1.54) is 109 Å². The summed E-state index contributed by atoms with van der Waals surface area (Å²) in [7, 11) is -6.60. The summed E-state index contributed by atoms with van der Waals surface area (Å²) in [6, 6.07) is 114. The molecule has 0 aliphatic carbocycles. The highest BCUT2D eigenvalue weighted by atomic mass is 79.9. The first-order valence-corrected chi connectivity index (χ1v) is 40.3. The Labute approximate surface area is 542 Å². The van der Waals surface area contributed by atoms with Gasteiger partial charge in [-0.3, -0.25) is 0 Å². The first-order chi connectivity index (χ1) is 43.0. The number of ether oxygens (including phenoxy) is 1. The molecule has 2 aromatic heterocycles. The maximum atomic E-state index is 6.73. The van der Waals surface area contributed by atoms with E-state index in [9.17, 15) is 0 Å². The lowest BCUT2D eigenvalue weighted by Gasteiger charge is -2.30. The van der Waals surface area contributed by atoms with Gasteiger partial charge < -0.3 is 13.9 Å². The van der Waals surface area contributed by atoms with Crippen molar-refractivity contribution in [2.75, 3.05) is 13.2 Å². The van der Waals surface area contributed by atoms with Crippen LogP contribution in [-0.4, -0.2) is 45.9 Å². The number of rotatable bonds is 10. The van der Waals surface area contributed by atoms with Crippen LogP contribution in [0.2, 0.25) is 19.6 Å². The van der Waals surface area contributed by atoms with E-state index in [-0.39, 0.29) is 0 Å². The summed E-state index contributed by atoms with van der Waals surface area (Å²) in [5.41, 5.74) is 7.29. The normalized spacial score (nSPS) is 12.4. The Morgan fingerprint density at radius 3 is 0.818 bits per heavy atom. The molecule has 1 aliphatic rings. The van der Waals surface area contributed by atoms with Crippen molar-refractivity contribution in [2.45, 2.75) is 32.5 Å². The fourth-order valence-corrected chi connectivity index (χ4v) is 23.2. The van der Waals surface area contributed by atoms with E-state index in [2.05, 4.69) is 334 Å². The van der Waals surface area contributed by atoms with Crippen LogP contribution in [0.4, 0.5) is 0 Å². The van der Waals surface area contributed by atoms with Crippen molar-refractivity contribution in [3.63, 3.8) is 0 Å². The van der Waals surface area contributed by atoms with Crippen molar-refractivity contribution in [2.24, 2.45) is 0 Å². The van der Waals surface area contributed by atoms with Gasteiger partial charge in [0.2, 0.25) is 7.38 Å². The number of para-hydroxylation sites is 2. The SMILES string of the molecule is Brc1ccc2c(c1)c1cc(Br)ccc1n2-c1ccccc1.C1CCOC1.C[Si](Cl)(c1ccccc1)c1ccccc1.C[Si](c1ccccc1)(c1ccccc1)c1ccc2c(c1)c1cc([Si](C)(c3ccccc3)c3ccccc3)ccc1n2-c1ccccc1. The summed E-state index contributed by atoms with van der Waals surface area (Å²) in [5, 5.41) is 16.2. The van der Waals surface area contributed by atoms with Crippen LogP contribution >= 0.6 is 42.9 Å². The number of halogens is 3. The van der Waals surface area contributed by atoms with Crippen LogP contribution in [0.15, 0.2) is 324 Å². The van der Waals surface area contributed by atoms with Gasteiger partial charge in [-0.05, 0) is 134 Å². The minimum absolute atomic E-state index is 1.00. The third kappa shape index (κ3) is 12.5. The molecule has 12 aromatic carbocycles. The van der Waals surface area contributed by atoms with Gasteiger partial charge >= 0.3 is 0 Å². The highest BCUT2D eigenvalue weighted by Crippen LogP contribution is 2.36. The third-order valence-electron chi connectivity index (χ3n) is 17.5. The highest BCUT2D eigenvalue weighted by molar-refractivity contribution is 9.10. The number of nitrogens with zero attached hydrogens (tertiary/aromatic N) is 2. The van der Waals surface area contributed by atoms with E-state index < -0.39 is 23.5 Å². The zero-order valence-corrected chi connectivity index (χ0v) is 56.7. The molecule has 0 unspecified atom stereocenters. The van der Waals surface area contributed by atoms with Crippen LogP contribution in [0, 0.1) is 0 Å². The van der Waals surface area contributed by atoms with Crippen molar-refractivity contribution in [3.05, 3.63) is 324 Å². The molecule has 9 heteroatoms. The largest absolute Gasteiger partial charge is 0.381 e. The van der Waals surface area contributed by atoms with E-state index in [0.717, 1.165) is 22.2 Å². The van der Waals surface area contributed by atoms with Gasteiger partial charge in [0.25, 0.3) is 0 Å². The summed E-state index contributed by atoms with van der Waals surface area (Å²) < 4.78 is 11.9. The van der Waals surface area contributed by atoms with Crippen LogP contribution in [0.25, 0.3) is 55.0 Å². The van der Waals surface area contributed by atoms with E-state index in [1.54, 1.807) is 0 Å². The van der Waals surface area contributed by atoms with Gasteiger partial charge in [-0.15, -0.1) is 0 Å². The molecule has 0 atom stereocenters.